The molecule has 318 valence electrons. The lowest BCUT2D eigenvalue weighted by atomic mass is 10.1. The summed E-state index contributed by atoms with van der Waals surface area (Å²) in [5.74, 6) is -0.846. The van der Waals surface area contributed by atoms with Gasteiger partial charge >= 0.3 is 11.9 Å². The number of phosphoric acid groups is 1. The van der Waals surface area contributed by atoms with Crippen molar-refractivity contribution in [1.29, 1.82) is 0 Å². The first-order chi connectivity index (χ1) is 26.0. The number of hydrogen-bond acceptors (Lipinski definition) is 8. The number of nitrogens with zero attached hydrogens (tertiary/aromatic N) is 1. The average molecular weight is 786 g/mol. The molecule has 0 spiro atoms. The van der Waals surface area contributed by atoms with Gasteiger partial charge < -0.3 is 27.9 Å². The van der Waals surface area contributed by atoms with E-state index in [4.69, 9.17) is 18.5 Å². The van der Waals surface area contributed by atoms with E-state index in [1.165, 1.54) is 96.3 Å². The van der Waals surface area contributed by atoms with E-state index in [1.54, 1.807) is 0 Å². The van der Waals surface area contributed by atoms with Crippen LogP contribution in [0.1, 0.15) is 194 Å². The van der Waals surface area contributed by atoms with Crippen molar-refractivity contribution >= 4 is 19.8 Å². The van der Waals surface area contributed by atoms with Crippen LogP contribution in [-0.4, -0.2) is 70.0 Å². The predicted octanol–water partition coefficient (Wildman–Crippen LogP) is 11.7. The van der Waals surface area contributed by atoms with E-state index in [0.29, 0.717) is 17.4 Å². The lowest BCUT2D eigenvalue weighted by Gasteiger charge is -2.28. The van der Waals surface area contributed by atoms with E-state index >= 15 is 0 Å². The van der Waals surface area contributed by atoms with Crippen LogP contribution in [0.5, 0.6) is 0 Å². The molecule has 0 aromatic carbocycles. The molecule has 0 aliphatic carbocycles. The molecule has 9 nitrogen and oxygen atoms in total. The van der Waals surface area contributed by atoms with Crippen LogP contribution in [0.3, 0.4) is 0 Å². The first-order valence-corrected chi connectivity index (χ1v) is 23.5. The van der Waals surface area contributed by atoms with Gasteiger partial charge in [-0.2, -0.15) is 0 Å². The summed E-state index contributed by atoms with van der Waals surface area (Å²) in [6.07, 6.45) is 39.1. The molecule has 54 heavy (non-hydrogen) atoms. The van der Waals surface area contributed by atoms with Crippen LogP contribution in [0.15, 0.2) is 24.3 Å². The van der Waals surface area contributed by atoms with Gasteiger partial charge in [-0.25, -0.2) is 0 Å². The van der Waals surface area contributed by atoms with Crippen LogP contribution in [-0.2, 0) is 32.7 Å². The Morgan fingerprint density at radius 2 is 0.944 bits per heavy atom. The van der Waals surface area contributed by atoms with Crippen molar-refractivity contribution in [1.82, 2.24) is 0 Å². The zero-order chi connectivity index (χ0) is 40.0. The number of carbonyl (C=O) groups is 2. The first kappa shape index (κ1) is 52.5. The molecule has 0 N–H and O–H groups in total. The van der Waals surface area contributed by atoms with Gasteiger partial charge in [-0.05, 0) is 64.2 Å². The van der Waals surface area contributed by atoms with Crippen molar-refractivity contribution < 1.29 is 42.1 Å². The average Bonchev–Trinajstić information content (AvgIpc) is 3.12. The zero-order valence-electron chi connectivity index (χ0n) is 35.7. The normalized spacial score (nSPS) is 13.8. The summed E-state index contributed by atoms with van der Waals surface area (Å²) < 4.78 is 33.9. The fourth-order valence-corrected chi connectivity index (χ4v) is 6.67. The minimum Gasteiger partial charge on any atom is -0.756 e. The van der Waals surface area contributed by atoms with Gasteiger partial charge in [-0.1, -0.05) is 141 Å². The van der Waals surface area contributed by atoms with Gasteiger partial charge in [0, 0.05) is 12.8 Å². The highest BCUT2D eigenvalue weighted by molar-refractivity contribution is 7.45. The molecule has 2 atom stereocenters. The Hall–Kier alpha value is -1.51. The maximum absolute atomic E-state index is 12.7. The van der Waals surface area contributed by atoms with Crippen molar-refractivity contribution in [3.8, 4) is 0 Å². The Bertz CT molecular complexity index is 980. The van der Waals surface area contributed by atoms with Gasteiger partial charge in [0.1, 0.15) is 19.8 Å². The molecule has 0 fully saturated rings. The Morgan fingerprint density at radius 3 is 1.39 bits per heavy atom. The SMILES string of the molecule is CCCCCC/C=C\CCCCCCCCCC(=O)OC[C@H](COP(=O)([O-])OCC[N+](C)(C)C)OC(=O)CCCCCCC/C=C\CCCCCCCC. The summed E-state index contributed by atoms with van der Waals surface area (Å²) in [4.78, 5) is 37.5. The molecular formula is C44H84NO8P. The molecule has 0 aliphatic heterocycles. The third kappa shape index (κ3) is 40.2. The molecule has 0 aromatic rings. The van der Waals surface area contributed by atoms with Crippen molar-refractivity contribution in [3.05, 3.63) is 24.3 Å². The van der Waals surface area contributed by atoms with Gasteiger partial charge in [0.2, 0.25) is 0 Å². The van der Waals surface area contributed by atoms with Crippen molar-refractivity contribution in [2.75, 3.05) is 47.5 Å². The number of hydrogen-bond donors (Lipinski definition) is 0. The van der Waals surface area contributed by atoms with Crippen LogP contribution in [0, 0.1) is 0 Å². The van der Waals surface area contributed by atoms with Gasteiger partial charge in [-0.15, -0.1) is 0 Å². The molecule has 10 heteroatoms. The number of likely N-dealkylation sites (N-methyl/N-ethyl adjacent to an activating group) is 1. The number of esters is 2. The number of rotatable bonds is 40. The lowest BCUT2D eigenvalue weighted by Crippen LogP contribution is -2.37. The molecular weight excluding hydrogens is 701 g/mol. The first-order valence-electron chi connectivity index (χ1n) is 22.0. The molecule has 0 radical (unpaired) electrons. The monoisotopic (exact) mass is 786 g/mol. The lowest BCUT2D eigenvalue weighted by molar-refractivity contribution is -0.870. The summed E-state index contributed by atoms with van der Waals surface area (Å²) >= 11 is 0. The Balaban J connectivity index is 4.37. The number of ether oxygens (including phenoxy) is 2. The molecule has 0 saturated carbocycles. The zero-order valence-corrected chi connectivity index (χ0v) is 36.6. The molecule has 0 aliphatic rings. The second-order valence-electron chi connectivity index (χ2n) is 16.1. The highest BCUT2D eigenvalue weighted by Crippen LogP contribution is 2.38. The molecule has 0 aromatic heterocycles. The van der Waals surface area contributed by atoms with Gasteiger partial charge in [-0.3, -0.25) is 14.2 Å². The van der Waals surface area contributed by atoms with E-state index in [1.807, 2.05) is 21.1 Å². The molecule has 0 bridgehead atoms. The highest BCUT2D eigenvalue weighted by Gasteiger charge is 2.21. The van der Waals surface area contributed by atoms with E-state index in [2.05, 4.69) is 38.2 Å². The van der Waals surface area contributed by atoms with Gasteiger partial charge in [0.15, 0.2) is 6.10 Å². The standard InChI is InChI=1S/C44H84NO8P/c1-6-8-10-12-14-16-18-20-22-24-26-28-30-32-34-36-43(46)50-40-42(41-52-54(48,49)51-39-38-45(3,4)5)53-44(47)37-35-33-31-29-27-25-23-21-19-17-15-13-11-9-7-2/h16,18,21,23,42H,6-15,17,19-20,22,24-41H2,1-5H3/b18-16-,23-21-/t42-/m1/s1. The van der Waals surface area contributed by atoms with Crippen LogP contribution in [0.4, 0.5) is 0 Å². The van der Waals surface area contributed by atoms with E-state index < -0.39 is 26.5 Å². The quantitative estimate of drug-likeness (QED) is 0.0198. The fraction of sp³-hybridized carbons (Fsp3) is 0.864. The van der Waals surface area contributed by atoms with Crippen LogP contribution < -0.4 is 4.89 Å². The summed E-state index contributed by atoms with van der Waals surface area (Å²) in [7, 11) is 1.16. The smallest absolute Gasteiger partial charge is 0.306 e. The van der Waals surface area contributed by atoms with Crippen LogP contribution in [0.2, 0.25) is 0 Å². The maximum Gasteiger partial charge on any atom is 0.306 e. The number of allylic oxidation sites excluding steroid dienone is 4. The topological polar surface area (TPSA) is 111 Å². The summed E-state index contributed by atoms with van der Waals surface area (Å²) in [5, 5.41) is 0. The maximum atomic E-state index is 12.7. The van der Waals surface area contributed by atoms with Crippen LogP contribution in [0.25, 0.3) is 0 Å². The predicted molar refractivity (Wildman–Crippen MR) is 222 cm³/mol. The summed E-state index contributed by atoms with van der Waals surface area (Å²) in [6.45, 7) is 4.20. The minimum atomic E-state index is -4.62. The highest BCUT2D eigenvalue weighted by atomic mass is 31.2. The number of unbranched alkanes of at least 4 members (excludes halogenated alkanes) is 22. The summed E-state index contributed by atoms with van der Waals surface area (Å²) in [5.41, 5.74) is 0. The van der Waals surface area contributed by atoms with Crippen molar-refractivity contribution in [2.45, 2.75) is 200 Å². The third-order valence-corrected chi connectivity index (χ3v) is 10.4. The number of quaternary nitrogens is 1. The van der Waals surface area contributed by atoms with Crippen LogP contribution >= 0.6 is 7.82 Å². The van der Waals surface area contributed by atoms with Gasteiger partial charge in [0.05, 0.1) is 27.7 Å². The molecule has 1 unspecified atom stereocenters. The number of phosphoric ester groups is 1. The van der Waals surface area contributed by atoms with E-state index in [0.717, 1.165) is 64.2 Å². The van der Waals surface area contributed by atoms with Gasteiger partial charge in [0.25, 0.3) is 7.82 Å². The Kier molecular flexibility index (Phi) is 36.1. The molecule has 0 saturated heterocycles. The second-order valence-corrected chi connectivity index (χ2v) is 17.5. The third-order valence-electron chi connectivity index (χ3n) is 9.44. The Morgan fingerprint density at radius 1 is 0.556 bits per heavy atom. The Labute approximate surface area is 332 Å². The second kappa shape index (κ2) is 37.1. The number of carbonyl (C=O) groups excluding carboxylic acids is 2. The summed E-state index contributed by atoms with van der Waals surface area (Å²) in [6, 6.07) is 0. The molecule has 0 rings (SSSR count). The molecule has 0 amide bonds. The molecule has 0 heterocycles. The fourth-order valence-electron chi connectivity index (χ4n) is 5.94. The van der Waals surface area contributed by atoms with E-state index in [9.17, 15) is 19.0 Å². The van der Waals surface area contributed by atoms with Crippen molar-refractivity contribution in [2.24, 2.45) is 0 Å². The minimum absolute atomic E-state index is 0.0319. The van der Waals surface area contributed by atoms with E-state index in [-0.39, 0.29) is 32.0 Å². The van der Waals surface area contributed by atoms with Crippen molar-refractivity contribution in [3.63, 3.8) is 0 Å². The largest absolute Gasteiger partial charge is 0.756 e.